The summed E-state index contributed by atoms with van der Waals surface area (Å²) in [5, 5.41) is 9.08. The number of alkyl carbamates (subject to hydrolysis) is 1. The minimum Gasteiger partial charge on any atom is -0.453 e. The van der Waals surface area contributed by atoms with Gasteiger partial charge in [0.15, 0.2) is 0 Å². The molecule has 3 amide bonds. The van der Waals surface area contributed by atoms with Crippen LogP contribution in [0.3, 0.4) is 0 Å². The molecule has 3 aliphatic rings. The van der Waals surface area contributed by atoms with E-state index in [-0.39, 0.29) is 49.0 Å². The molecule has 37 heavy (non-hydrogen) atoms. The molecular weight excluding hydrogens is 479 g/mol. The van der Waals surface area contributed by atoms with Gasteiger partial charge in [-0.1, -0.05) is 6.92 Å². The van der Waals surface area contributed by atoms with Crippen molar-refractivity contribution in [3.63, 3.8) is 0 Å². The predicted molar refractivity (Wildman–Crippen MR) is 140 cm³/mol. The van der Waals surface area contributed by atoms with E-state index >= 15 is 0 Å². The monoisotopic (exact) mass is 524 g/mol. The summed E-state index contributed by atoms with van der Waals surface area (Å²) in [5.41, 5.74) is 0.913. The Kier molecular flexibility index (Phi) is 12.1. The third-order valence-electron chi connectivity index (χ3n) is 7.55. The van der Waals surface area contributed by atoms with Crippen LogP contribution >= 0.6 is 0 Å². The number of nitrogens with zero attached hydrogens (tertiary/aromatic N) is 1. The lowest BCUT2D eigenvalue weighted by atomic mass is 9.80. The van der Waals surface area contributed by atoms with E-state index in [2.05, 4.69) is 27.6 Å². The number of likely N-dealkylation sites (N-methyl/N-ethyl adjacent to an activating group) is 1. The molecule has 1 unspecified atom stereocenters. The first-order chi connectivity index (χ1) is 17.9. The molecule has 2 saturated heterocycles. The molecule has 1 aliphatic carbocycles. The lowest BCUT2D eigenvalue weighted by Gasteiger charge is -2.40. The molecule has 0 bridgehead atoms. The fraction of sp³-hybridized carbons (Fsp3) is 0.778. The van der Waals surface area contributed by atoms with Gasteiger partial charge in [-0.05, 0) is 75.1 Å². The third kappa shape index (κ3) is 9.26. The number of piperidine rings is 1. The standard InChI is InChI=1S/C27H45FN4O5/c1-19-8-9-22(28)15-24(19)25(37-13-10-30-27(34)35-3)21-7-4-11-32(17-21)26(33)31-23(16-29-2)14-20-6-5-12-36-18-20/h9,15,19-21,23,25,29H,4-8,10-14,16-18H2,1-3H3,(H,30,34)(H,31,33)/t19?,20-,21+,23-,25+/m0/s1. The summed E-state index contributed by atoms with van der Waals surface area (Å²) in [4.78, 5) is 26.6. The molecule has 2 heterocycles. The van der Waals surface area contributed by atoms with Crippen molar-refractivity contribution in [2.75, 3.05) is 60.2 Å². The zero-order valence-electron chi connectivity index (χ0n) is 22.6. The number of carbonyl (C=O) groups excluding carboxylic acids is 2. The molecule has 0 aromatic carbocycles. The van der Waals surface area contributed by atoms with Gasteiger partial charge in [-0.2, -0.15) is 0 Å². The van der Waals surface area contributed by atoms with Crippen molar-refractivity contribution in [3.05, 3.63) is 23.6 Å². The molecule has 0 aromatic heterocycles. The molecule has 10 heteroatoms. The quantitative estimate of drug-likeness (QED) is 0.358. The van der Waals surface area contributed by atoms with E-state index in [9.17, 15) is 14.0 Å². The summed E-state index contributed by atoms with van der Waals surface area (Å²) < 4.78 is 30.8. The summed E-state index contributed by atoms with van der Waals surface area (Å²) in [7, 11) is 3.21. The van der Waals surface area contributed by atoms with Crippen LogP contribution in [0.4, 0.5) is 14.0 Å². The van der Waals surface area contributed by atoms with Gasteiger partial charge in [0.2, 0.25) is 0 Å². The van der Waals surface area contributed by atoms with Crippen molar-refractivity contribution < 1.29 is 28.2 Å². The minimum absolute atomic E-state index is 0.0290. The van der Waals surface area contributed by atoms with Gasteiger partial charge in [-0.25, -0.2) is 14.0 Å². The van der Waals surface area contributed by atoms with Crippen molar-refractivity contribution >= 4 is 12.1 Å². The van der Waals surface area contributed by atoms with Gasteiger partial charge < -0.3 is 35.1 Å². The Balaban J connectivity index is 1.64. The number of halogens is 1. The maximum Gasteiger partial charge on any atom is 0.406 e. The molecule has 3 rings (SSSR count). The van der Waals surface area contributed by atoms with Gasteiger partial charge in [0, 0.05) is 51.4 Å². The van der Waals surface area contributed by atoms with E-state index in [4.69, 9.17) is 9.47 Å². The van der Waals surface area contributed by atoms with E-state index in [1.165, 1.54) is 7.11 Å². The molecule has 2 fully saturated rings. The zero-order valence-corrected chi connectivity index (χ0v) is 22.6. The zero-order chi connectivity index (χ0) is 26.6. The SMILES string of the molecule is CNC[C@H](C[C@@H]1CCCOC1)NC(=O)N1CCC[C@@H]([C@@H](OCCNC(=O)OC)C2=CC(F)=CCC2C)C1. The third-order valence-corrected chi connectivity index (χ3v) is 7.55. The smallest absolute Gasteiger partial charge is 0.406 e. The number of amides is 3. The summed E-state index contributed by atoms with van der Waals surface area (Å²) in [5.74, 6) is 0.383. The first-order valence-corrected chi connectivity index (χ1v) is 13.7. The number of hydrogen-bond acceptors (Lipinski definition) is 6. The van der Waals surface area contributed by atoms with Gasteiger partial charge in [0.1, 0.15) is 5.83 Å². The fourth-order valence-electron chi connectivity index (χ4n) is 5.61. The maximum atomic E-state index is 14.3. The van der Waals surface area contributed by atoms with Crippen LogP contribution in [0.1, 0.15) is 45.4 Å². The normalized spacial score (nSPS) is 25.9. The van der Waals surface area contributed by atoms with E-state index in [1.807, 2.05) is 11.9 Å². The largest absolute Gasteiger partial charge is 0.453 e. The highest BCUT2D eigenvalue weighted by molar-refractivity contribution is 5.74. The summed E-state index contributed by atoms with van der Waals surface area (Å²) in [6, 6.07) is -0.0362. The molecule has 9 nitrogen and oxygen atoms in total. The number of likely N-dealkylation sites (tertiary alicyclic amines) is 1. The number of nitrogens with one attached hydrogen (secondary N) is 3. The molecular formula is C27H45FN4O5. The van der Waals surface area contributed by atoms with Crippen molar-refractivity contribution in [3.8, 4) is 0 Å². The Morgan fingerprint density at radius 2 is 2.14 bits per heavy atom. The van der Waals surface area contributed by atoms with Crippen molar-refractivity contribution in [1.29, 1.82) is 0 Å². The van der Waals surface area contributed by atoms with E-state index in [0.29, 0.717) is 32.0 Å². The van der Waals surface area contributed by atoms with Crippen molar-refractivity contribution in [2.45, 2.75) is 57.6 Å². The Bertz CT molecular complexity index is 802. The molecule has 5 atom stereocenters. The summed E-state index contributed by atoms with van der Waals surface area (Å²) >= 11 is 0. The Morgan fingerprint density at radius 1 is 1.30 bits per heavy atom. The first-order valence-electron chi connectivity index (χ1n) is 13.7. The number of carbonyl (C=O) groups is 2. The molecule has 0 spiro atoms. The topological polar surface area (TPSA) is 101 Å². The van der Waals surface area contributed by atoms with Crippen molar-refractivity contribution in [1.82, 2.24) is 20.9 Å². The Labute approximate surface area is 220 Å². The van der Waals surface area contributed by atoms with Gasteiger partial charge in [-0.15, -0.1) is 0 Å². The molecule has 3 N–H and O–H groups in total. The van der Waals surface area contributed by atoms with Gasteiger partial charge in [0.05, 0.1) is 19.8 Å². The maximum absolute atomic E-state index is 14.3. The second kappa shape index (κ2) is 15.3. The number of rotatable bonds is 11. The second-order valence-corrected chi connectivity index (χ2v) is 10.5. The molecule has 210 valence electrons. The van der Waals surface area contributed by atoms with Gasteiger partial charge in [-0.3, -0.25) is 0 Å². The first kappa shape index (κ1) is 29.4. The lowest BCUT2D eigenvalue weighted by molar-refractivity contribution is 0.00969. The minimum atomic E-state index is -0.518. The van der Waals surface area contributed by atoms with Crippen molar-refractivity contribution in [2.24, 2.45) is 17.8 Å². The van der Waals surface area contributed by atoms with Crippen LogP contribution in [0.25, 0.3) is 0 Å². The van der Waals surface area contributed by atoms with Gasteiger partial charge >= 0.3 is 12.1 Å². The van der Waals surface area contributed by atoms with Crippen LogP contribution in [-0.2, 0) is 14.2 Å². The van der Waals surface area contributed by atoms with E-state index in [0.717, 1.165) is 50.9 Å². The number of ether oxygens (including phenoxy) is 3. The number of hydrogen-bond donors (Lipinski definition) is 3. The average molecular weight is 525 g/mol. The lowest BCUT2D eigenvalue weighted by Crippen LogP contribution is -2.53. The fourth-order valence-corrected chi connectivity index (χ4v) is 5.61. The number of methoxy groups -OCH3 is 1. The van der Waals surface area contributed by atoms with E-state index < -0.39 is 6.09 Å². The highest BCUT2D eigenvalue weighted by Gasteiger charge is 2.35. The van der Waals surface area contributed by atoms with Crippen LogP contribution in [0.5, 0.6) is 0 Å². The van der Waals surface area contributed by atoms with Gasteiger partial charge in [0.25, 0.3) is 0 Å². The Hall–Kier alpha value is -2.17. The average Bonchev–Trinajstić information content (AvgIpc) is 2.91. The molecule has 0 radical (unpaired) electrons. The van der Waals surface area contributed by atoms with E-state index in [1.54, 1.807) is 12.2 Å². The highest BCUT2D eigenvalue weighted by atomic mass is 19.1. The predicted octanol–water partition coefficient (Wildman–Crippen LogP) is 3.37. The summed E-state index contributed by atoms with van der Waals surface area (Å²) in [6.07, 6.45) is 7.77. The van der Waals surface area contributed by atoms with Crippen LogP contribution in [0.15, 0.2) is 23.6 Å². The Morgan fingerprint density at radius 3 is 2.86 bits per heavy atom. The second-order valence-electron chi connectivity index (χ2n) is 10.5. The highest BCUT2D eigenvalue weighted by Crippen LogP contribution is 2.34. The molecule has 0 saturated carbocycles. The number of urea groups is 1. The molecule has 2 aliphatic heterocycles. The van der Waals surface area contributed by atoms with Crippen LogP contribution in [-0.4, -0.2) is 89.3 Å². The van der Waals surface area contributed by atoms with Crippen LogP contribution in [0, 0.1) is 17.8 Å². The van der Waals surface area contributed by atoms with Crippen LogP contribution < -0.4 is 16.0 Å². The van der Waals surface area contributed by atoms with Crippen LogP contribution in [0.2, 0.25) is 0 Å². The summed E-state index contributed by atoms with van der Waals surface area (Å²) in [6.45, 7) is 6.13. The molecule has 0 aromatic rings. The number of allylic oxidation sites excluding steroid dienone is 3.